The summed E-state index contributed by atoms with van der Waals surface area (Å²) in [5, 5.41) is 4.04. The molecule has 0 aliphatic heterocycles. The molecule has 2 aromatic rings. The summed E-state index contributed by atoms with van der Waals surface area (Å²) in [6.45, 7) is 4.06. The van der Waals surface area contributed by atoms with E-state index in [1.165, 1.54) is 0 Å². The van der Waals surface area contributed by atoms with Gasteiger partial charge in [0.25, 0.3) is 5.91 Å². The van der Waals surface area contributed by atoms with E-state index in [2.05, 4.69) is 15.3 Å². The first-order valence-corrected chi connectivity index (χ1v) is 7.25. The quantitative estimate of drug-likeness (QED) is 0.938. The lowest BCUT2D eigenvalue weighted by molar-refractivity contribution is 0.0952. The molecule has 0 bridgehead atoms. The highest BCUT2D eigenvalue weighted by atomic mass is 35.5. The van der Waals surface area contributed by atoms with E-state index in [0.29, 0.717) is 40.1 Å². The van der Waals surface area contributed by atoms with E-state index in [1.807, 2.05) is 6.07 Å². The Morgan fingerprint density at radius 2 is 2.05 bits per heavy atom. The highest BCUT2D eigenvalue weighted by Gasteiger charge is 2.10. The minimum Gasteiger partial charge on any atom is -0.352 e. The van der Waals surface area contributed by atoms with Crippen LogP contribution in [0.15, 0.2) is 24.4 Å². The summed E-state index contributed by atoms with van der Waals surface area (Å²) in [4.78, 5) is 20.3. The van der Waals surface area contributed by atoms with Gasteiger partial charge in [-0.25, -0.2) is 9.97 Å². The van der Waals surface area contributed by atoms with Crippen LogP contribution in [0.4, 0.5) is 0 Å². The average Bonchev–Trinajstić information content (AvgIpc) is 2.41. The third kappa shape index (κ3) is 4.16. The number of amides is 1. The smallest absolute Gasteiger partial charge is 0.254 e. The van der Waals surface area contributed by atoms with Crippen molar-refractivity contribution < 1.29 is 4.79 Å². The van der Waals surface area contributed by atoms with Gasteiger partial charge in [0.05, 0.1) is 11.3 Å². The van der Waals surface area contributed by atoms with Crippen LogP contribution in [-0.4, -0.2) is 22.4 Å². The summed E-state index contributed by atoms with van der Waals surface area (Å²) in [5.41, 5.74) is 2.10. The van der Waals surface area contributed by atoms with E-state index in [0.717, 1.165) is 5.56 Å². The molecule has 0 aliphatic rings. The van der Waals surface area contributed by atoms with Crippen molar-refractivity contribution in [1.82, 2.24) is 15.3 Å². The molecular weight excluding hydrogens is 309 g/mol. The summed E-state index contributed by atoms with van der Waals surface area (Å²) >= 11 is 11.9. The molecule has 0 fully saturated rings. The fraction of sp³-hybridized carbons (Fsp3) is 0.267. The minimum atomic E-state index is -0.183. The first kappa shape index (κ1) is 15.7. The molecule has 6 heteroatoms. The highest BCUT2D eigenvalue weighted by Crippen LogP contribution is 2.21. The predicted molar refractivity (Wildman–Crippen MR) is 84.0 cm³/mol. The van der Waals surface area contributed by atoms with Gasteiger partial charge in [-0.3, -0.25) is 4.79 Å². The van der Waals surface area contributed by atoms with Gasteiger partial charge in [-0.15, -0.1) is 0 Å². The third-order valence-electron chi connectivity index (χ3n) is 3.04. The SMILES string of the molecule is Cc1ncc(C(=O)NCCc2ccc(Cl)cc2Cl)c(C)n1. The van der Waals surface area contributed by atoms with Gasteiger partial charge in [0, 0.05) is 22.8 Å². The molecule has 1 aromatic heterocycles. The third-order valence-corrected chi connectivity index (χ3v) is 3.63. The van der Waals surface area contributed by atoms with Gasteiger partial charge in [0.2, 0.25) is 0 Å². The van der Waals surface area contributed by atoms with Gasteiger partial charge in [-0.2, -0.15) is 0 Å². The minimum absolute atomic E-state index is 0.183. The number of benzene rings is 1. The van der Waals surface area contributed by atoms with E-state index < -0.39 is 0 Å². The fourth-order valence-electron chi connectivity index (χ4n) is 1.94. The summed E-state index contributed by atoms with van der Waals surface area (Å²) < 4.78 is 0. The lowest BCUT2D eigenvalue weighted by Gasteiger charge is -2.08. The summed E-state index contributed by atoms with van der Waals surface area (Å²) in [7, 11) is 0. The molecule has 0 saturated carbocycles. The topological polar surface area (TPSA) is 54.9 Å². The summed E-state index contributed by atoms with van der Waals surface area (Å²) in [5.74, 6) is 0.467. The van der Waals surface area contributed by atoms with Crippen molar-refractivity contribution in [2.24, 2.45) is 0 Å². The number of hydrogen-bond acceptors (Lipinski definition) is 3. The molecule has 0 unspecified atom stereocenters. The fourth-order valence-corrected chi connectivity index (χ4v) is 2.44. The normalized spacial score (nSPS) is 10.5. The van der Waals surface area contributed by atoms with Crippen LogP contribution in [0.2, 0.25) is 10.0 Å². The van der Waals surface area contributed by atoms with Crippen molar-refractivity contribution in [3.63, 3.8) is 0 Å². The van der Waals surface area contributed by atoms with Crippen molar-refractivity contribution in [1.29, 1.82) is 0 Å². The molecule has 1 amide bonds. The van der Waals surface area contributed by atoms with Crippen molar-refractivity contribution in [2.75, 3.05) is 6.54 Å². The number of carbonyl (C=O) groups excluding carboxylic acids is 1. The zero-order valence-electron chi connectivity index (χ0n) is 11.8. The number of halogens is 2. The van der Waals surface area contributed by atoms with E-state index in [1.54, 1.807) is 32.2 Å². The Bertz CT molecular complexity index is 674. The Hall–Kier alpha value is -1.65. The lowest BCUT2D eigenvalue weighted by atomic mass is 10.1. The van der Waals surface area contributed by atoms with Gasteiger partial charge < -0.3 is 5.32 Å². The van der Waals surface area contributed by atoms with Gasteiger partial charge in [0.1, 0.15) is 5.82 Å². The first-order valence-electron chi connectivity index (χ1n) is 6.49. The van der Waals surface area contributed by atoms with Crippen molar-refractivity contribution in [3.05, 3.63) is 57.1 Å². The van der Waals surface area contributed by atoms with E-state index in [9.17, 15) is 4.79 Å². The van der Waals surface area contributed by atoms with Gasteiger partial charge in [0.15, 0.2) is 0 Å². The summed E-state index contributed by atoms with van der Waals surface area (Å²) in [6.07, 6.45) is 2.18. The second-order valence-electron chi connectivity index (χ2n) is 4.66. The zero-order chi connectivity index (χ0) is 15.4. The van der Waals surface area contributed by atoms with Gasteiger partial charge in [-0.1, -0.05) is 29.3 Å². The number of aromatic nitrogens is 2. The standard InChI is InChI=1S/C15H15Cl2N3O/c1-9-13(8-19-10(2)20-9)15(21)18-6-5-11-3-4-12(16)7-14(11)17/h3-4,7-8H,5-6H2,1-2H3,(H,18,21). The maximum atomic E-state index is 12.1. The van der Waals surface area contributed by atoms with Crippen molar-refractivity contribution in [2.45, 2.75) is 20.3 Å². The Morgan fingerprint density at radius 3 is 2.71 bits per heavy atom. The van der Waals surface area contributed by atoms with E-state index in [-0.39, 0.29) is 5.91 Å². The Morgan fingerprint density at radius 1 is 1.29 bits per heavy atom. The molecule has 0 aliphatic carbocycles. The Balaban J connectivity index is 1.95. The number of carbonyl (C=O) groups is 1. The van der Waals surface area contributed by atoms with Gasteiger partial charge >= 0.3 is 0 Å². The van der Waals surface area contributed by atoms with Crippen LogP contribution >= 0.6 is 23.2 Å². The van der Waals surface area contributed by atoms with E-state index >= 15 is 0 Å². The van der Waals surface area contributed by atoms with Crippen LogP contribution in [0.25, 0.3) is 0 Å². The molecule has 0 saturated heterocycles. The van der Waals surface area contributed by atoms with Gasteiger partial charge in [-0.05, 0) is 38.0 Å². The van der Waals surface area contributed by atoms with Crippen LogP contribution < -0.4 is 5.32 Å². The average molecular weight is 324 g/mol. The lowest BCUT2D eigenvalue weighted by Crippen LogP contribution is -2.27. The second kappa shape index (κ2) is 6.87. The molecule has 1 heterocycles. The molecule has 0 radical (unpaired) electrons. The monoisotopic (exact) mass is 323 g/mol. The van der Waals surface area contributed by atoms with E-state index in [4.69, 9.17) is 23.2 Å². The van der Waals surface area contributed by atoms with Crippen LogP contribution in [-0.2, 0) is 6.42 Å². The molecular formula is C15H15Cl2N3O. The number of hydrogen-bond donors (Lipinski definition) is 1. The molecule has 1 N–H and O–H groups in total. The molecule has 4 nitrogen and oxygen atoms in total. The zero-order valence-corrected chi connectivity index (χ0v) is 13.3. The second-order valence-corrected chi connectivity index (χ2v) is 5.50. The molecule has 110 valence electrons. The number of nitrogens with one attached hydrogen (secondary N) is 1. The maximum Gasteiger partial charge on any atom is 0.254 e. The van der Waals surface area contributed by atoms with Crippen LogP contribution in [0.1, 0.15) is 27.4 Å². The first-order chi connectivity index (χ1) is 9.97. The largest absolute Gasteiger partial charge is 0.352 e. The highest BCUT2D eigenvalue weighted by molar-refractivity contribution is 6.35. The number of nitrogens with zero attached hydrogens (tertiary/aromatic N) is 2. The Labute approximate surface area is 133 Å². The van der Waals surface area contributed by atoms with Crippen molar-refractivity contribution in [3.8, 4) is 0 Å². The molecule has 0 atom stereocenters. The molecule has 0 spiro atoms. The number of rotatable bonds is 4. The molecule has 1 aromatic carbocycles. The Kier molecular flexibility index (Phi) is 5.15. The summed E-state index contributed by atoms with van der Waals surface area (Å²) in [6, 6.07) is 5.33. The predicted octanol–water partition coefficient (Wildman–Crippen LogP) is 3.37. The molecule has 2 rings (SSSR count). The van der Waals surface area contributed by atoms with Crippen LogP contribution in [0, 0.1) is 13.8 Å². The van der Waals surface area contributed by atoms with Crippen LogP contribution in [0.3, 0.4) is 0 Å². The number of aryl methyl sites for hydroxylation is 2. The van der Waals surface area contributed by atoms with Crippen molar-refractivity contribution >= 4 is 29.1 Å². The molecule has 21 heavy (non-hydrogen) atoms. The van der Waals surface area contributed by atoms with Crippen LogP contribution in [0.5, 0.6) is 0 Å². The maximum absolute atomic E-state index is 12.1.